The van der Waals surface area contributed by atoms with E-state index in [1.54, 1.807) is 0 Å². The molecule has 1 amide bonds. The highest BCUT2D eigenvalue weighted by atomic mass is 32.2. The van der Waals surface area contributed by atoms with Crippen LogP contribution in [0.5, 0.6) is 0 Å². The van der Waals surface area contributed by atoms with Crippen LogP contribution < -0.4 is 5.73 Å². The standard InChI is InChI=1S/C13H18N2O3S/c1-10-2-4-11(5-3-10)12(14)13(16)15-6-8-19(17,18)9-7-15/h2-5,12H,6-9,14H2,1H3. The van der Waals surface area contributed by atoms with Gasteiger partial charge in [0.2, 0.25) is 5.91 Å². The van der Waals surface area contributed by atoms with E-state index in [0.29, 0.717) is 0 Å². The normalized spacial score (nSPS) is 20.0. The van der Waals surface area contributed by atoms with Crippen molar-refractivity contribution in [3.05, 3.63) is 35.4 Å². The zero-order valence-electron chi connectivity index (χ0n) is 10.9. The molecule has 1 atom stereocenters. The van der Waals surface area contributed by atoms with Gasteiger partial charge in [0.25, 0.3) is 0 Å². The number of hydrogen-bond donors (Lipinski definition) is 1. The van der Waals surface area contributed by atoms with Gasteiger partial charge >= 0.3 is 0 Å². The highest BCUT2D eigenvalue weighted by Gasteiger charge is 2.28. The van der Waals surface area contributed by atoms with Crippen molar-refractivity contribution in [1.29, 1.82) is 0 Å². The van der Waals surface area contributed by atoms with E-state index in [-0.39, 0.29) is 30.5 Å². The molecule has 0 radical (unpaired) electrons. The van der Waals surface area contributed by atoms with Gasteiger partial charge < -0.3 is 10.6 Å². The van der Waals surface area contributed by atoms with E-state index in [4.69, 9.17) is 5.73 Å². The summed E-state index contributed by atoms with van der Waals surface area (Å²) >= 11 is 0. The van der Waals surface area contributed by atoms with Crippen molar-refractivity contribution in [1.82, 2.24) is 4.90 Å². The maximum absolute atomic E-state index is 12.2. The van der Waals surface area contributed by atoms with E-state index in [1.807, 2.05) is 31.2 Å². The lowest BCUT2D eigenvalue weighted by Gasteiger charge is -2.29. The van der Waals surface area contributed by atoms with E-state index in [1.165, 1.54) is 4.90 Å². The number of carbonyl (C=O) groups is 1. The molecule has 1 aliphatic heterocycles. The molecular formula is C13H18N2O3S. The molecule has 1 fully saturated rings. The van der Waals surface area contributed by atoms with E-state index in [2.05, 4.69) is 0 Å². The van der Waals surface area contributed by atoms with Gasteiger partial charge in [0.05, 0.1) is 11.5 Å². The molecular weight excluding hydrogens is 264 g/mol. The van der Waals surface area contributed by atoms with Gasteiger partial charge in [-0.15, -0.1) is 0 Å². The van der Waals surface area contributed by atoms with Gasteiger partial charge in [0.1, 0.15) is 6.04 Å². The van der Waals surface area contributed by atoms with Gasteiger partial charge in [-0.05, 0) is 12.5 Å². The summed E-state index contributed by atoms with van der Waals surface area (Å²) in [5.41, 5.74) is 7.80. The first kappa shape index (κ1) is 14.0. The quantitative estimate of drug-likeness (QED) is 0.843. The second-order valence-electron chi connectivity index (χ2n) is 4.87. The molecule has 1 heterocycles. The number of benzene rings is 1. The van der Waals surface area contributed by atoms with Crippen molar-refractivity contribution in [2.24, 2.45) is 5.73 Å². The van der Waals surface area contributed by atoms with Gasteiger partial charge in [-0.1, -0.05) is 29.8 Å². The first-order chi connectivity index (χ1) is 8.89. The van der Waals surface area contributed by atoms with Gasteiger partial charge in [0, 0.05) is 13.1 Å². The van der Waals surface area contributed by atoms with Gasteiger partial charge in [-0.2, -0.15) is 0 Å². The zero-order chi connectivity index (χ0) is 14.0. The van der Waals surface area contributed by atoms with E-state index < -0.39 is 15.9 Å². The molecule has 1 aliphatic rings. The summed E-state index contributed by atoms with van der Waals surface area (Å²) in [5, 5.41) is 0. The molecule has 1 unspecified atom stereocenters. The molecule has 2 rings (SSSR count). The number of sulfone groups is 1. The van der Waals surface area contributed by atoms with Crippen molar-refractivity contribution in [3.8, 4) is 0 Å². The van der Waals surface area contributed by atoms with Gasteiger partial charge in [-0.25, -0.2) is 8.42 Å². The van der Waals surface area contributed by atoms with Crippen LogP contribution in [0.15, 0.2) is 24.3 Å². The summed E-state index contributed by atoms with van der Waals surface area (Å²) in [4.78, 5) is 13.7. The lowest BCUT2D eigenvalue weighted by molar-refractivity contribution is -0.132. The molecule has 0 spiro atoms. The number of nitrogens with zero attached hydrogens (tertiary/aromatic N) is 1. The Labute approximate surface area is 113 Å². The average molecular weight is 282 g/mol. The minimum absolute atomic E-state index is 0.0271. The minimum Gasteiger partial charge on any atom is -0.339 e. The Balaban J connectivity index is 2.06. The summed E-state index contributed by atoms with van der Waals surface area (Å²) in [7, 11) is -2.98. The van der Waals surface area contributed by atoms with Gasteiger partial charge in [0.15, 0.2) is 9.84 Å². The molecule has 2 N–H and O–H groups in total. The zero-order valence-corrected chi connectivity index (χ0v) is 11.7. The van der Waals surface area contributed by atoms with Crippen molar-refractivity contribution >= 4 is 15.7 Å². The fourth-order valence-electron chi connectivity index (χ4n) is 2.05. The molecule has 1 aromatic carbocycles. The molecule has 0 bridgehead atoms. The molecule has 6 heteroatoms. The maximum atomic E-state index is 12.2. The van der Waals surface area contributed by atoms with Crippen LogP contribution in [0.25, 0.3) is 0 Å². The fourth-order valence-corrected chi connectivity index (χ4v) is 3.25. The predicted molar refractivity (Wildman–Crippen MR) is 73.3 cm³/mol. The highest BCUT2D eigenvalue weighted by Crippen LogP contribution is 2.16. The third-order valence-electron chi connectivity index (χ3n) is 3.36. The first-order valence-electron chi connectivity index (χ1n) is 6.20. The molecule has 5 nitrogen and oxygen atoms in total. The van der Waals surface area contributed by atoms with Crippen LogP contribution in [-0.4, -0.2) is 43.8 Å². The Morgan fingerprint density at radius 3 is 2.26 bits per heavy atom. The Bertz CT molecular complexity index is 552. The number of rotatable bonds is 2. The first-order valence-corrected chi connectivity index (χ1v) is 8.02. The van der Waals surface area contributed by atoms with E-state index >= 15 is 0 Å². The molecule has 0 saturated carbocycles. The lowest BCUT2D eigenvalue weighted by Crippen LogP contribution is -2.47. The molecule has 19 heavy (non-hydrogen) atoms. The molecule has 1 aromatic rings. The monoisotopic (exact) mass is 282 g/mol. The Morgan fingerprint density at radius 1 is 1.21 bits per heavy atom. The van der Waals surface area contributed by atoms with E-state index in [0.717, 1.165) is 11.1 Å². The van der Waals surface area contributed by atoms with Gasteiger partial charge in [-0.3, -0.25) is 4.79 Å². The fraction of sp³-hybridized carbons (Fsp3) is 0.462. The van der Waals surface area contributed by atoms with Crippen LogP contribution in [0.2, 0.25) is 0 Å². The van der Waals surface area contributed by atoms with Crippen LogP contribution in [0, 0.1) is 6.92 Å². The number of hydrogen-bond acceptors (Lipinski definition) is 4. The second-order valence-corrected chi connectivity index (χ2v) is 7.17. The maximum Gasteiger partial charge on any atom is 0.244 e. The summed E-state index contributed by atoms with van der Waals surface area (Å²) in [6.07, 6.45) is 0. The summed E-state index contributed by atoms with van der Waals surface area (Å²) in [6.45, 7) is 2.44. The average Bonchev–Trinajstić information content (AvgIpc) is 2.38. The Hall–Kier alpha value is -1.40. The smallest absolute Gasteiger partial charge is 0.244 e. The molecule has 0 aliphatic carbocycles. The SMILES string of the molecule is Cc1ccc(C(N)C(=O)N2CCS(=O)(=O)CC2)cc1. The minimum atomic E-state index is -2.98. The Kier molecular flexibility index (Phi) is 3.91. The van der Waals surface area contributed by atoms with Crippen molar-refractivity contribution in [2.45, 2.75) is 13.0 Å². The number of carbonyl (C=O) groups excluding carboxylic acids is 1. The third-order valence-corrected chi connectivity index (χ3v) is 4.97. The number of nitrogens with two attached hydrogens (primary N) is 1. The number of aryl methyl sites for hydroxylation is 1. The molecule has 0 aromatic heterocycles. The van der Waals surface area contributed by atoms with Crippen LogP contribution in [-0.2, 0) is 14.6 Å². The van der Waals surface area contributed by atoms with Crippen LogP contribution >= 0.6 is 0 Å². The van der Waals surface area contributed by atoms with E-state index in [9.17, 15) is 13.2 Å². The van der Waals surface area contributed by atoms with Crippen LogP contribution in [0.4, 0.5) is 0 Å². The number of amides is 1. The Morgan fingerprint density at radius 2 is 1.74 bits per heavy atom. The predicted octanol–water partition coefficient (Wildman–Crippen LogP) is 0.252. The highest BCUT2D eigenvalue weighted by molar-refractivity contribution is 7.91. The second kappa shape index (κ2) is 5.30. The molecule has 104 valence electrons. The van der Waals surface area contributed by atoms with Crippen molar-refractivity contribution in [3.63, 3.8) is 0 Å². The molecule has 1 saturated heterocycles. The van der Waals surface area contributed by atoms with Crippen molar-refractivity contribution < 1.29 is 13.2 Å². The lowest BCUT2D eigenvalue weighted by atomic mass is 10.0. The topological polar surface area (TPSA) is 80.5 Å². The largest absolute Gasteiger partial charge is 0.339 e. The van der Waals surface area contributed by atoms with Crippen LogP contribution in [0.3, 0.4) is 0 Å². The third kappa shape index (κ3) is 3.33. The van der Waals surface area contributed by atoms with Crippen molar-refractivity contribution in [2.75, 3.05) is 24.6 Å². The van der Waals surface area contributed by atoms with Crippen LogP contribution in [0.1, 0.15) is 17.2 Å². The summed E-state index contributed by atoms with van der Waals surface area (Å²) in [5.74, 6) is -0.155. The summed E-state index contributed by atoms with van der Waals surface area (Å²) < 4.78 is 22.7. The summed E-state index contributed by atoms with van der Waals surface area (Å²) in [6, 6.07) is 6.75.